The number of rotatable bonds is 12. The van der Waals surface area contributed by atoms with Crippen molar-refractivity contribution in [3.05, 3.63) is 90.1 Å². The molecule has 0 fully saturated rings. The van der Waals surface area contributed by atoms with E-state index in [1.165, 1.54) is 0 Å². The number of hydrogen-bond acceptors (Lipinski definition) is 7. The van der Waals surface area contributed by atoms with E-state index in [0.29, 0.717) is 13.0 Å². The molecule has 3 unspecified atom stereocenters. The Morgan fingerprint density at radius 2 is 1.69 bits per heavy atom. The largest absolute Gasteiger partial charge is 0.390 e. The van der Waals surface area contributed by atoms with Crippen LogP contribution in [0.25, 0.3) is 11.3 Å². The van der Waals surface area contributed by atoms with Gasteiger partial charge in [-0.2, -0.15) is 5.48 Å². The second-order valence-corrected chi connectivity index (χ2v) is 9.04. The zero-order chi connectivity index (χ0) is 25.2. The third-order valence-corrected chi connectivity index (χ3v) is 5.86. The smallest absolute Gasteiger partial charge is 0.254 e. The molecule has 35 heavy (non-hydrogen) atoms. The lowest BCUT2D eigenvalue weighted by Gasteiger charge is -2.30. The van der Waals surface area contributed by atoms with Gasteiger partial charge in [-0.05, 0) is 35.6 Å². The molecule has 0 bridgehead atoms. The fourth-order valence-corrected chi connectivity index (χ4v) is 3.80. The van der Waals surface area contributed by atoms with Gasteiger partial charge in [-0.3, -0.25) is 15.2 Å². The maximum absolute atomic E-state index is 12.8. The standard InChI is InChI=1S/C27H35N5O3/c1-19(2)26(31-35)27(34)30-32(18-25(33)23(28)16-20-8-4-3-5-9-20)17-21-11-13-22(14-12-21)24-10-6-7-15-29-24/h3-15,19,23,25-26,31,33,35H,16-18,28H2,1-2H3,(H,30,34). The number of carbonyl (C=O) groups is 1. The predicted molar refractivity (Wildman–Crippen MR) is 136 cm³/mol. The lowest BCUT2D eigenvalue weighted by atomic mass is 10.0. The maximum atomic E-state index is 12.8. The number of nitrogens with one attached hydrogen (secondary N) is 2. The second kappa shape index (κ2) is 13.1. The van der Waals surface area contributed by atoms with Gasteiger partial charge in [-0.1, -0.05) is 74.5 Å². The van der Waals surface area contributed by atoms with E-state index in [0.717, 1.165) is 22.4 Å². The molecule has 186 valence electrons. The number of nitrogens with zero attached hydrogens (tertiary/aromatic N) is 2. The van der Waals surface area contributed by atoms with Gasteiger partial charge in [-0.25, -0.2) is 5.01 Å². The van der Waals surface area contributed by atoms with Crippen LogP contribution in [-0.4, -0.2) is 50.9 Å². The number of hydroxylamine groups is 1. The van der Waals surface area contributed by atoms with Crippen LogP contribution in [0.4, 0.5) is 0 Å². The number of hydrazine groups is 1. The molecule has 0 spiro atoms. The van der Waals surface area contributed by atoms with Crippen LogP contribution < -0.4 is 16.6 Å². The minimum absolute atomic E-state index is 0.123. The van der Waals surface area contributed by atoms with Crippen LogP contribution >= 0.6 is 0 Å². The lowest BCUT2D eigenvalue weighted by Crippen LogP contribution is -2.55. The Morgan fingerprint density at radius 1 is 1.00 bits per heavy atom. The number of nitrogens with two attached hydrogens (primary N) is 1. The number of hydrogen-bond donors (Lipinski definition) is 5. The van der Waals surface area contributed by atoms with Gasteiger partial charge in [0.2, 0.25) is 0 Å². The summed E-state index contributed by atoms with van der Waals surface area (Å²) in [6.07, 6.45) is 1.37. The lowest BCUT2D eigenvalue weighted by molar-refractivity contribution is -0.133. The Balaban J connectivity index is 1.72. The molecule has 0 aliphatic heterocycles. The number of pyridine rings is 1. The molecular formula is C27H35N5O3. The topological polar surface area (TPSA) is 124 Å². The Kier molecular flexibility index (Phi) is 9.89. The summed E-state index contributed by atoms with van der Waals surface area (Å²) in [5, 5.41) is 21.9. The zero-order valence-electron chi connectivity index (χ0n) is 20.2. The first kappa shape index (κ1) is 26.5. The van der Waals surface area contributed by atoms with Gasteiger partial charge in [0.25, 0.3) is 5.91 Å². The molecule has 0 saturated heterocycles. The van der Waals surface area contributed by atoms with Crippen molar-refractivity contribution < 1.29 is 15.1 Å². The van der Waals surface area contributed by atoms with Crippen LogP contribution in [0.3, 0.4) is 0 Å². The summed E-state index contributed by atoms with van der Waals surface area (Å²) >= 11 is 0. The van der Waals surface area contributed by atoms with Crippen LogP contribution in [0.5, 0.6) is 0 Å². The number of benzene rings is 2. The third kappa shape index (κ3) is 7.95. The minimum Gasteiger partial charge on any atom is -0.390 e. The highest BCUT2D eigenvalue weighted by Gasteiger charge is 2.25. The fourth-order valence-electron chi connectivity index (χ4n) is 3.80. The molecule has 0 aliphatic rings. The third-order valence-electron chi connectivity index (χ3n) is 5.86. The molecule has 1 heterocycles. The van der Waals surface area contributed by atoms with Crippen LogP contribution in [-0.2, 0) is 17.8 Å². The molecule has 8 nitrogen and oxygen atoms in total. The summed E-state index contributed by atoms with van der Waals surface area (Å²) in [5.74, 6) is -0.527. The number of aliphatic hydroxyl groups excluding tert-OH is 1. The van der Waals surface area contributed by atoms with E-state index in [9.17, 15) is 15.1 Å². The molecule has 6 N–H and O–H groups in total. The molecule has 1 amide bonds. The molecule has 2 aromatic carbocycles. The van der Waals surface area contributed by atoms with E-state index in [1.807, 2.05) is 86.6 Å². The van der Waals surface area contributed by atoms with Gasteiger partial charge < -0.3 is 16.0 Å². The highest BCUT2D eigenvalue weighted by Crippen LogP contribution is 2.18. The van der Waals surface area contributed by atoms with Crippen molar-refractivity contribution in [1.82, 2.24) is 20.9 Å². The summed E-state index contributed by atoms with van der Waals surface area (Å²) in [4.78, 5) is 17.2. The summed E-state index contributed by atoms with van der Waals surface area (Å²) in [5.41, 5.74) is 15.0. The first-order chi connectivity index (χ1) is 16.9. The van der Waals surface area contributed by atoms with Crippen molar-refractivity contribution in [2.24, 2.45) is 11.7 Å². The van der Waals surface area contributed by atoms with Gasteiger partial charge in [-0.15, -0.1) is 0 Å². The van der Waals surface area contributed by atoms with Gasteiger partial charge in [0.05, 0.1) is 11.8 Å². The van der Waals surface area contributed by atoms with E-state index >= 15 is 0 Å². The Morgan fingerprint density at radius 3 is 2.29 bits per heavy atom. The molecule has 0 radical (unpaired) electrons. The Hall–Kier alpha value is -3.14. The number of carbonyl (C=O) groups excluding carboxylic acids is 1. The highest BCUT2D eigenvalue weighted by molar-refractivity contribution is 5.81. The quantitative estimate of drug-likeness (QED) is 0.254. The van der Waals surface area contributed by atoms with Gasteiger partial charge in [0, 0.05) is 30.9 Å². The monoisotopic (exact) mass is 477 g/mol. The molecule has 0 saturated carbocycles. The summed E-state index contributed by atoms with van der Waals surface area (Å²) in [7, 11) is 0. The number of aliphatic hydroxyl groups is 1. The summed E-state index contributed by atoms with van der Waals surface area (Å²) in [6.45, 7) is 4.13. The zero-order valence-corrected chi connectivity index (χ0v) is 20.2. The fraction of sp³-hybridized carbons (Fsp3) is 0.333. The maximum Gasteiger partial charge on any atom is 0.254 e. The van der Waals surface area contributed by atoms with E-state index < -0.39 is 24.1 Å². The first-order valence-corrected chi connectivity index (χ1v) is 11.8. The van der Waals surface area contributed by atoms with E-state index in [4.69, 9.17) is 5.73 Å². The minimum atomic E-state index is -0.886. The van der Waals surface area contributed by atoms with Gasteiger partial charge >= 0.3 is 0 Å². The average Bonchev–Trinajstić information content (AvgIpc) is 2.85. The van der Waals surface area contributed by atoms with E-state index in [-0.39, 0.29) is 12.5 Å². The van der Waals surface area contributed by atoms with Crippen molar-refractivity contribution in [2.75, 3.05) is 6.54 Å². The molecule has 3 atom stereocenters. The Bertz CT molecular complexity index is 1030. The highest BCUT2D eigenvalue weighted by atomic mass is 16.5. The van der Waals surface area contributed by atoms with Gasteiger partial charge in [0.15, 0.2) is 0 Å². The van der Waals surface area contributed by atoms with Crippen molar-refractivity contribution in [3.63, 3.8) is 0 Å². The molecule has 3 aromatic rings. The van der Waals surface area contributed by atoms with Crippen LogP contribution in [0.15, 0.2) is 79.0 Å². The molecule has 8 heteroatoms. The van der Waals surface area contributed by atoms with Gasteiger partial charge in [0.1, 0.15) is 6.04 Å². The molecular weight excluding hydrogens is 442 g/mol. The van der Waals surface area contributed by atoms with Crippen LogP contribution in [0, 0.1) is 5.92 Å². The SMILES string of the molecule is CC(C)C(NO)C(=O)NN(Cc1ccc(-c2ccccn2)cc1)CC(O)C(N)Cc1ccccc1. The molecule has 0 aliphatic carbocycles. The van der Waals surface area contributed by atoms with Crippen molar-refractivity contribution in [2.45, 2.75) is 45.0 Å². The van der Waals surface area contributed by atoms with E-state index in [1.54, 1.807) is 11.2 Å². The number of amides is 1. The normalized spacial score (nSPS) is 14.0. The van der Waals surface area contributed by atoms with Crippen molar-refractivity contribution in [1.29, 1.82) is 0 Å². The summed E-state index contributed by atoms with van der Waals surface area (Å²) in [6, 6.07) is 22.1. The average molecular weight is 478 g/mol. The predicted octanol–water partition coefficient (Wildman–Crippen LogP) is 2.52. The first-order valence-electron chi connectivity index (χ1n) is 11.8. The van der Waals surface area contributed by atoms with E-state index in [2.05, 4.69) is 15.9 Å². The van der Waals surface area contributed by atoms with Crippen LogP contribution in [0.1, 0.15) is 25.0 Å². The molecule has 3 rings (SSSR count). The Labute approximate surface area is 206 Å². The second-order valence-electron chi connectivity index (χ2n) is 9.04. The molecule has 1 aromatic heterocycles. The van der Waals surface area contributed by atoms with Crippen LogP contribution in [0.2, 0.25) is 0 Å². The number of aromatic nitrogens is 1. The van der Waals surface area contributed by atoms with Crippen molar-refractivity contribution >= 4 is 5.91 Å². The van der Waals surface area contributed by atoms with Crippen molar-refractivity contribution in [3.8, 4) is 11.3 Å². The summed E-state index contributed by atoms with van der Waals surface area (Å²) < 4.78 is 0.